The number of aromatic amines is 1. The molecule has 1 aliphatic rings. The lowest BCUT2D eigenvalue weighted by atomic mass is 10.0. The topological polar surface area (TPSA) is 82.2 Å². The summed E-state index contributed by atoms with van der Waals surface area (Å²) < 4.78 is 0. The Morgan fingerprint density at radius 1 is 1.32 bits per heavy atom. The van der Waals surface area contributed by atoms with E-state index < -0.39 is 12.0 Å². The molecular formula is C17H20N2O3. The molecule has 116 valence electrons. The second-order valence-electron chi connectivity index (χ2n) is 5.90. The van der Waals surface area contributed by atoms with E-state index in [2.05, 4.69) is 10.3 Å². The van der Waals surface area contributed by atoms with Crippen molar-refractivity contribution in [1.82, 2.24) is 10.3 Å². The average Bonchev–Trinajstić information content (AvgIpc) is 3.07. The molecule has 1 aliphatic carbocycles. The van der Waals surface area contributed by atoms with Crippen LogP contribution in [0.25, 0.3) is 10.9 Å². The molecule has 1 amide bonds. The van der Waals surface area contributed by atoms with E-state index in [9.17, 15) is 14.7 Å². The molecule has 0 radical (unpaired) electrons. The minimum Gasteiger partial charge on any atom is -0.391 e. The second-order valence-corrected chi connectivity index (χ2v) is 5.90. The summed E-state index contributed by atoms with van der Waals surface area (Å²) in [6.07, 6.45) is 5.19. The van der Waals surface area contributed by atoms with Gasteiger partial charge in [0.2, 0.25) is 5.43 Å². The summed E-state index contributed by atoms with van der Waals surface area (Å²) >= 11 is 0. The average molecular weight is 300 g/mol. The number of aromatic nitrogens is 1. The summed E-state index contributed by atoms with van der Waals surface area (Å²) in [6.45, 7) is 0.190. The van der Waals surface area contributed by atoms with E-state index in [4.69, 9.17) is 0 Å². The van der Waals surface area contributed by atoms with Gasteiger partial charge in [0.25, 0.3) is 5.91 Å². The molecule has 0 aliphatic heterocycles. The SMILES string of the molecule is O=C(NCC(O)C1CCCC1)c1c[nH]c2ccccc2c1=O. The quantitative estimate of drug-likeness (QED) is 0.805. The van der Waals surface area contributed by atoms with Crippen molar-refractivity contribution in [2.75, 3.05) is 6.54 Å². The lowest BCUT2D eigenvalue weighted by Crippen LogP contribution is -2.37. The number of benzene rings is 1. The van der Waals surface area contributed by atoms with Gasteiger partial charge in [-0.25, -0.2) is 0 Å². The molecule has 1 heterocycles. The van der Waals surface area contributed by atoms with Crippen molar-refractivity contribution in [2.45, 2.75) is 31.8 Å². The fourth-order valence-electron chi connectivity index (χ4n) is 3.14. The molecule has 5 heteroatoms. The highest BCUT2D eigenvalue weighted by atomic mass is 16.3. The molecule has 22 heavy (non-hydrogen) atoms. The van der Waals surface area contributed by atoms with Crippen molar-refractivity contribution >= 4 is 16.8 Å². The second kappa shape index (κ2) is 6.32. The normalized spacial score (nSPS) is 16.8. The maximum atomic E-state index is 12.3. The monoisotopic (exact) mass is 300 g/mol. The summed E-state index contributed by atoms with van der Waals surface area (Å²) in [6, 6.07) is 7.08. The molecule has 1 unspecified atom stereocenters. The maximum absolute atomic E-state index is 12.3. The number of hydrogen-bond acceptors (Lipinski definition) is 3. The number of amides is 1. The molecule has 1 atom stereocenters. The predicted octanol–water partition coefficient (Wildman–Crippen LogP) is 1.81. The number of nitrogens with one attached hydrogen (secondary N) is 2. The fraction of sp³-hybridized carbons (Fsp3) is 0.412. The molecule has 0 spiro atoms. The molecule has 0 bridgehead atoms. The standard InChI is InChI=1S/C17H20N2O3/c20-15(11-5-1-2-6-11)10-19-17(22)13-9-18-14-8-4-3-7-12(14)16(13)21/h3-4,7-9,11,15,20H,1-2,5-6,10H2,(H,18,21)(H,19,22). The highest BCUT2D eigenvalue weighted by Crippen LogP contribution is 2.27. The van der Waals surface area contributed by atoms with Crippen LogP contribution in [0.15, 0.2) is 35.3 Å². The third kappa shape index (κ3) is 2.90. The highest BCUT2D eigenvalue weighted by Gasteiger charge is 2.24. The van der Waals surface area contributed by atoms with Crippen LogP contribution in [0.3, 0.4) is 0 Å². The van der Waals surface area contributed by atoms with Crippen LogP contribution >= 0.6 is 0 Å². The molecular weight excluding hydrogens is 280 g/mol. The van der Waals surface area contributed by atoms with Gasteiger partial charge in [0.05, 0.1) is 6.10 Å². The van der Waals surface area contributed by atoms with Gasteiger partial charge in [0.1, 0.15) is 5.56 Å². The lowest BCUT2D eigenvalue weighted by molar-refractivity contribution is 0.0839. The van der Waals surface area contributed by atoms with Gasteiger partial charge in [-0.3, -0.25) is 9.59 Å². The molecule has 1 saturated carbocycles. The minimum absolute atomic E-state index is 0.0809. The smallest absolute Gasteiger partial charge is 0.256 e. The molecule has 0 saturated heterocycles. The Labute approximate surface area is 128 Å². The Balaban J connectivity index is 1.72. The Kier molecular flexibility index (Phi) is 4.24. The van der Waals surface area contributed by atoms with Crippen LogP contribution in [0.5, 0.6) is 0 Å². The van der Waals surface area contributed by atoms with E-state index in [1.54, 1.807) is 18.2 Å². The van der Waals surface area contributed by atoms with Crippen LogP contribution < -0.4 is 10.7 Å². The number of fused-ring (bicyclic) bond motifs is 1. The number of pyridine rings is 1. The van der Waals surface area contributed by atoms with Crippen LogP contribution in [0, 0.1) is 5.92 Å². The van der Waals surface area contributed by atoms with Gasteiger partial charge in [-0.1, -0.05) is 25.0 Å². The number of carbonyl (C=O) groups is 1. The van der Waals surface area contributed by atoms with Crippen LogP contribution in [0.1, 0.15) is 36.0 Å². The number of para-hydroxylation sites is 1. The van der Waals surface area contributed by atoms with E-state index in [-0.39, 0.29) is 23.5 Å². The molecule has 1 fully saturated rings. The van der Waals surface area contributed by atoms with Crippen molar-refractivity contribution in [3.8, 4) is 0 Å². The third-order valence-electron chi connectivity index (χ3n) is 4.45. The first-order chi connectivity index (χ1) is 10.7. The molecule has 3 N–H and O–H groups in total. The highest BCUT2D eigenvalue weighted by molar-refractivity contribution is 5.97. The Hall–Kier alpha value is -2.14. The number of aliphatic hydroxyl groups excluding tert-OH is 1. The van der Waals surface area contributed by atoms with Gasteiger partial charge < -0.3 is 15.4 Å². The van der Waals surface area contributed by atoms with E-state index in [1.165, 1.54) is 6.20 Å². The molecule has 3 rings (SSSR count). The van der Waals surface area contributed by atoms with Crippen molar-refractivity contribution in [1.29, 1.82) is 0 Å². The van der Waals surface area contributed by atoms with Gasteiger partial charge in [-0.05, 0) is 30.9 Å². The molecule has 1 aromatic heterocycles. The van der Waals surface area contributed by atoms with Crippen LogP contribution in [-0.2, 0) is 0 Å². The minimum atomic E-state index is -0.536. The van der Waals surface area contributed by atoms with Crippen LogP contribution in [0.2, 0.25) is 0 Å². The zero-order valence-electron chi connectivity index (χ0n) is 12.3. The molecule has 2 aromatic rings. The Morgan fingerprint density at radius 2 is 2.05 bits per heavy atom. The zero-order valence-corrected chi connectivity index (χ0v) is 12.3. The number of carbonyl (C=O) groups excluding carboxylic acids is 1. The summed E-state index contributed by atoms with van der Waals surface area (Å²) in [5.41, 5.74) is 0.495. The van der Waals surface area contributed by atoms with Crippen molar-refractivity contribution in [2.24, 2.45) is 5.92 Å². The first-order valence-electron chi connectivity index (χ1n) is 7.73. The van der Waals surface area contributed by atoms with Gasteiger partial charge in [0.15, 0.2) is 0 Å². The van der Waals surface area contributed by atoms with E-state index in [1.807, 2.05) is 6.07 Å². The summed E-state index contributed by atoms with van der Waals surface area (Å²) in [5.74, 6) is -0.181. The van der Waals surface area contributed by atoms with Gasteiger partial charge in [0, 0.05) is 23.6 Å². The molecule has 5 nitrogen and oxygen atoms in total. The number of rotatable bonds is 4. The zero-order chi connectivity index (χ0) is 15.5. The molecule has 1 aromatic carbocycles. The van der Waals surface area contributed by atoms with Crippen molar-refractivity contribution in [3.05, 3.63) is 46.2 Å². The number of hydrogen-bond donors (Lipinski definition) is 3. The third-order valence-corrected chi connectivity index (χ3v) is 4.45. The Bertz CT molecular complexity index is 732. The summed E-state index contributed by atoms with van der Waals surface area (Å²) in [7, 11) is 0. The van der Waals surface area contributed by atoms with E-state index in [0.717, 1.165) is 25.7 Å². The van der Waals surface area contributed by atoms with E-state index >= 15 is 0 Å². The summed E-state index contributed by atoms with van der Waals surface area (Å²) in [4.78, 5) is 27.5. The van der Waals surface area contributed by atoms with Crippen molar-refractivity contribution < 1.29 is 9.90 Å². The van der Waals surface area contributed by atoms with Crippen LogP contribution in [-0.4, -0.2) is 28.6 Å². The number of H-pyrrole nitrogens is 1. The Morgan fingerprint density at radius 3 is 2.82 bits per heavy atom. The van der Waals surface area contributed by atoms with Gasteiger partial charge in [-0.2, -0.15) is 0 Å². The maximum Gasteiger partial charge on any atom is 0.256 e. The summed E-state index contributed by atoms with van der Waals surface area (Å²) in [5, 5.41) is 13.2. The fourth-order valence-corrected chi connectivity index (χ4v) is 3.14. The first-order valence-corrected chi connectivity index (χ1v) is 7.73. The van der Waals surface area contributed by atoms with Crippen molar-refractivity contribution in [3.63, 3.8) is 0 Å². The lowest BCUT2D eigenvalue weighted by Gasteiger charge is -2.17. The van der Waals surface area contributed by atoms with E-state index in [0.29, 0.717) is 10.9 Å². The van der Waals surface area contributed by atoms with Gasteiger partial charge >= 0.3 is 0 Å². The number of aliphatic hydroxyl groups is 1. The van der Waals surface area contributed by atoms with Crippen LogP contribution in [0.4, 0.5) is 0 Å². The first kappa shape index (κ1) is 14.8. The van der Waals surface area contributed by atoms with Gasteiger partial charge in [-0.15, -0.1) is 0 Å². The predicted molar refractivity (Wildman–Crippen MR) is 84.9 cm³/mol. The largest absolute Gasteiger partial charge is 0.391 e.